The summed E-state index contributed by atoms with van der Waals surface area (Å²) < 4.78 is 4.71. The molecule has 0 aromatic carbocycles. The van der Waals surface area contributed by atoms with E-state index in [0.29, 0.717) is 12.5 Å². The van der Waals surface area contributed by atoms with Crippen LogP contribution >= 0.6 is 0 Å². The minimum absolute atomic E-state index is 0. The number of rotatable bonds is 3. The molecule has 0 amide bonds. The van der Waals surface area contributed by atoms with E-state index in [1.807, 2.05) is 0 Å². The second kappa shape index (κ2) is 14.6. The van der Waals surface area contributed by atoms with Gasteiger partial charge in [-0.3, -0.25) is 4.79 Å². The number of hydrogen-bond donors (Lipinski definition) is 0. The van der Waals surface area contributed by atoms with Crippen molar-refractivity contribution in [2.45, 2.75) is 27.2 Å². The summed E-state index contributed by atoms with van der Waals surface area (Å²) in [5.74, 6) is 0.431. The van der Waals surface area contributed by atoms with Crippen molar-refractivity contribution in [1.29, 1.82) is 0 Å². The molecule has 0 saturated heterocycles. The minimum atomic E-state index is -0.185. The van der Waals surface area contributed by atoms with Gasteiger partial charge in [0.1, 0.15) is 0 Å². The Morgan fingerprint density at radius 1 is 1.25 bits per heavy atom. The molecule has 66 valence electrons. The van der Waals surface area contributed by atoms with Gasteiger partial charge in [-0.2, -0.15) is 0 Å². The van der Waals surface area contributed by atoms with Gasteiger partial charge in [-0.1, -0.05) is 13.8 Å². The maximum atomic E-state index is 10.2. The number of esters is 1. The topological polar surface area (TPSA) is 26.3 Å². The third-order valence-electron chi connectivity index (χ3n) is 1.00. The third kappa shape index (κ3) is 22.5. The molecule has 0 aliphatic carbocycles. The van der Waals surface area contributed by atoms with E-state index in [0.717, 1.165) is 6.42 Å². The molecule has 0 rings (SSSR count). The normalized spacial score (nSPS) is 7.33. The van der Waals surface area contributed by atoms with Crippen molar-refractivity contribution in [2.24, 2.45) is 5.92 Å². The Morgan fingerprint density at radius 2 is 1.67 bits per heavy atom. The van der Waals surface area contributed by atoms with Crippen LogP contribution in [0.1, 0.15) is 27.2 Å². The zero-order valence-corrected chi connectivity index (χ0v) is 14.1. The maximum absolute atomic E-state index is 10.2. The molecule has 0 atom stereocenters. The van der Waals surface area contributed by atoms with E-state index in [1.165, 1.54) is 6.92 Å². The van der Waals surface area contributed by atoms with Gasteiger partial charge in [0.25, 0.3) is 0 Å². The first kappa shape index (κ1) is 23.2. The summed E-state index contributed by atoms with van der Waals surface area (Å²) in [6, 6.07) is 0. The van der Waals surface area contributed by atoms with E-state index in [-0.39, 0.29) is 58.8 Å². The monoisotopic (exact) mass is 352 g/mol. The molecule has 0 aromatic rings. The zero-order valence-electron chi connectivity index (χ0n) is 7.81. The average Bonchev–Trinajstić information content (AvgIpc) is 1.63. The molecule has 5 heteroatoms. The fourth-order valence-corrected chi connectivity index (χ4v) is 0.438. The van der Waals surface area contributed by atoms with E-state index in [2.05, 4.69) is 13.8 Å². The van der Waals surface area contributed by atoms with Crippen molar-refractivity contribution in [1.82, 2.24) is 0 Å². The standard InChI is InChI=1S/C7H14O2.3Ge/c1-6(2)4-5-9-7(3)8;;;/h6H,4-5H2,1-3H3;;;. The predicted molar refractivity (Wildman–Crippen MR) is 53.4 cm³/mol. The Hall–Kier alpha value is 1.10. The predicted octanol–water partition coefficient (Wildman–Crippen LogP) is 0.453. The first-order valence-corrected chi connectivity index (χ1v) is 3.26. The first-order valence-electron chi connectivity index (χ1n) is 3.26. The molecule has 0 aliphatic rings. The molecule has 0 fully saturated rings. The summed E-state index contributed by atoms with van der Waals surface area (Å²) in [7, 11) is 0. The summed E-state index contributed by atoms with van der Waals surface area (Å²) in [6.45, 7) is 6.19. The van der Waals surface area contributed by atoms with Crippen LogP contribution in [0.25, 0.3) is 0 Å². The van der Waals surface area contributed by atoms with E-state index >= 15 is 0 Å². The molecule has 0 saturated carbocycles. The van der Waals surface area contributed by atoms with Crippen molar-refractivity contribution >= 4 is 58.8 Å². The van der Waals surface area contributed by atoms with Crippen molar-refractivity contribution in [3.63, 3.8) is 0 Å². The molecule has 0 bridgehead atoms. The molecule has 0 N–H and O–H groups in total. The van der Waals surface area contributed by atoms with E-state index in [1.54, 1.807) is 0 Å². The van der Waals surface area contributed by atoms with Gasteiger partial charge >= 0.3 is 5.97 Å². The average molecular weight is 348 g/mol. The molecule has 12 heavy (non-hydrogen) atoms. The van der Waals surface area contributed by atoms with Crippen LogP contribution in [0.5, 0.6) is 0 Å². The van der Waals surface area contributed by atoms with Crippen molar-refractivity contribution in [2.75, 3.05) is 6.61 Å². The van der Waals surface area contributed by atoms with Gasteiger partial charge < -0.3 is 4.74 Å². The molecule has 12 radical (unpaired) electrons. The van der Waals surface area contributed by atoms with Gasteiger partial charge in [0.05, 0.1) is 6.61 Å². The van der Waals surface area contributed by atoms with Crippen LogP contribution in [-0.4, -0.2) is 65.4 Å². The van der Waals surface area contributed by atoms with E-state index < -0.39 is 0 Å². The maximum Gasteiger partial charge on any atom is 0.302 e. The van der Waals surface area contributed by atoms with Crippen LogP contribution in [-0.2, 0) is 9.53 Å². The van der Waals surface area contributed by atoms with Crippen LogP contribution in [0.3, 0.4) is 0 Å². The molecule has 0 spiro atoms. The molecule has 0 aliphatic heterocycles. The molecule has 0 heterocycles. The SMILES string of the molecule is CC(=O)OCCC(C)C.[Ge].[Ge].[Ge]. The minimum Gasteiger partial charge on any atom is -0.466 e. The summed E-state index contributed by atoms with van der Waals surface area (Å²) in [5.41, 5.74) is 0. The number of carbonyl (C=O) groups is 1. The Morgan fingerprint density at radius 3 is 1.92 bits per heavy atom. The summed E-state index contributed by atoms with van der Waals surface area (Å²) >= 11 is 0. The van der Waals surface area contributed by atoms with Crippen molar-refractivity contribution in [3.05, 3.63) is 0 Å². The fraction of sp³-hybridized carbons (Fsp3) is 0.857. The number of hydrogen-bond acceptors (Lipinski definition) is 2. The second-order valence-electron chi connectivity index (χ2n) is 2.52. The van der Waals surface area contributed by atoms with Crippen LogP contribution < -0.4 is 0 Å². The molecule has 0 aromatic heterocycles. The summed E-state index contributed by atoms with van der Waals surface area (Å²) in [5, 5.41) is 0. The van der Waals surface area contributed by atoms with Gasteiger partial charge in [0.15, 0.2) is 0 Å². The van der Waals surface area contributed by atoms with Gasteiger partial charge in [-0.05, 0) is 12.3 Å². The second-order valence-corrected chi connectivity index (χ2v) is 2.52. The van der Waals surface area contributed by atoms with Crippen LogP contribution in [0.4, 0.5) is 0 Å². The molecule has 2 nitrogen and oxygen atoms in total. The van der Waals surface area contributed by atoms with Crippen LogP contribution in [0, 0.1) is 5.92 Å². The Labute approximate surface area is 107 Å². The molecular formula is C7H14Ge3O2. The largest absolute Gasteiger partial charge is 0.466 e. The molecular weight excluding hydrogens is 334 g/mol. The van der Waals surface area contributed by atoms with E-state index in [4.69, 9.17) is 4.74 Å². The number of ether oxygens (including phenoxy) is 1. The van der Waals surface area contributed by atoms with Gasteiger partial charge in [-0.15, -0.1) is 0 Å². The Bertz CT molecular complexity index is 96.7. The van der Waals surface area contributed by atoms with Gasteiger partial charge in [0, 0.05) is 59.7 Å². The smallest absolute Gasteiger partial charge is 0.302 e. The third-order valence-corrected chi connectivity index (χ3v) is 1.00. The number of carbonyl (C=O) groups excluding carboxylic acids is 1. The van der Waals surface area contributed by atoms with Crippen molar-refractivity contribution in [3.8, 4) is 0 Å². The van der Waals surface area contributed by atoms with Crippen LogP contribution in [0.15, 0.2) is 0 Å². The molecule has 0 unspecified atom stereocenters. The quantitative estimate of drug-likeness (QED) is 0.547. The first-order chi connectivity index (χ1) is 4.13. The van der Waals surface area contributed by atoms with E-state index in [9.17, 15) is 4.79 Å². The van der Waals surface area contributed by atoms with Crippen LogP contribution in [0.2, 0.25) is 0 Å². The van der Waals surface area contributed by atoms with Crippen molar-refractivity contribution < 1.29 is 9.53 Å². The van der Waals surface area contributed by atoms with Gasteiger partial charge in [-0.25, -0.2) is 0 Å². The van der Waals surface area contributed by atoms with Gasteiger partial charge in [0.2, 0.25) is 0 Å². The Balaban J connectivity index is -0.000000107. The zero-order chi connectivity index (χ0) is 7.28. The summed E-state index contributed by atoms with van der Waals surface area (Å²) in [4.78, 5) is 10.2. The Kier molecular flexibility index (Phi) is 28.2. The fourth-order valence-electron chi connectivity index (χ4n) is 0.438. The summed E-state index contributed by atoms with van der Waals surface area (Å²) in [6.07, 6.45) is 0.958.